The molecule has 0 bridgehead atoms. The Hall–Kier alpha value is -5.19. The standard InChI is InChI=1S/C30H27N7O4/c1-20-8-10-21(11-9-20)17-25-32-28(26-27(34-41-29(26)33-25)23-6-3-12-31-19-23)35-13-4-14-36(16-15-35)30(38)22-5-2-7-24(18-22)37(39)40/h2-3,5-12,18-19H,4,13-17H2,1H3. The molecule has 0 N–H and O–H groups in total. The third-order valence-corrected chi connectivity index (χ3v) is 7.17. The van der Waals surface area contributed by atoms with Gasteiger partial charge in [0.1, 0.15) is 22.7 Å². The van der Waals surface area contributed by atoms with Crippen molar-refractivity contribution >= 4 is 28.5 Å². The predicted octanol–water partition coefficient (Wildman–Crippen LogP) is 4.84. The van der Waals surface area contributed by atoms with Crippen molar-refractivity contribution in [2.75, 3.05) is 31.1 Å². The van der Waals surface area contributed by atoms with E-state index in [2.05, 4.69) is 39.3 Å². The number of hydrogen-bond donors (Lipinski definition) is 0. The lowest BCUT2D eigenvalue weighted by atomic mass is 10.1. The van der Waals surface area contributed by atoms with Crippen LogP contribution in [0.25, 0.3) is 22.4 Å². The average molecular weight is 550 g/mol. The first-order chi connectivity index (χ1) is 20.0. The fourth-order valence-corrected chi connectivity index (χ4v) is 5.04. The molecule has 5 aromatic rings. The second-order valence-electron chi connectivity index (χ2n) is 10.0. The summed E-state index contributed by atoms with van der Waals surface area (Å²) in [6, 6.07) is 17.9. The highest BCUT2D eigenvalue weighted by atomic mass is 16.6. The van der Waals surface area contributed by atoms with Gasteiger partial charge in [-0.3, -0.25) is 19.9 Å². The molecule has 2 aromatic carbocycles. The summed E-state index contributed by atoms with van der Waals surface area (Å²) in [6.45, 7) is 4.14. The van der Waals surface area contributed by atoms with Crippen molar-refractivity contribution in [3.63, 3.8) is 0 Å². The number of non-ortho nitro benzene ring substituents is 1. The number of hydrogen-bond acceptors (Lipinski definition) is 9. The zero-order valence-corrected chi connectivity index (χ0v) is 22.4. The van der Waals surface area contributed by atoms with Gasteiger partial charge in [-0.25, -0.2) is 4.98 Å². The van der Waals surface area contributed by atoms with Gasteiger partial charge in [-0.1, -0.05) is 41.1 Å². The Morgan fingerprint density at radius 2 is 1.88 bits per heavy atom. The highest BCUT2D eigenvalue weighted by Crippen LogP contribution is 2.34. The molecule has 4 heterocycles. The van der Waals surface area contributed by atoms with Crippen LogP contribution < -0.4 is 4.90 Å². The number of fused-ring (bicyclic) bond motifs is 1. The normalized spacial score (nSPS) is 13.8. The fraction of sp³-hybridized carbons (Fsp3) is 0.233. The zero-order chi connectivity index (χ0) is 28.3. The number of amides is 1. The third kappa shape index (κ3) is 5.46. The average Bonchev–Trinajstić information content (AvgIpc) is 3.27. The van der Waals surface area contributed by atoms with Crippen LogP contribution in [0.1, 0.15) is 33.7 Å². The lowest BCUT2D eigenvalue weighted by Crippen LogP contribution is -2.35. The van der Waals surface area contributed by atoms with Gasteiger partial charge in [0, 0.05) is 68.3 Å². The first kappa shape index (κ1) is 26.1. The molecule has 1 fully saturated rings. The van der Waals surface area contributed by atoms with Gasteiger partial charge in [0.15, 0.2) is 0 Å². The molecule has 0 spiro atoms. The quantitative estimate of drug-likeness (QED) is 0.216. The van der Waals surface area contributed by atoms with Gasteiger partial charge in [-0.05, 0) is 37.1 Å². The van der Waals surface area contributed by atoms with E-state index in [-0.39, 0.29) is 11.6 Å². The molecule has 0 aliphatic carbocycles. The number of carbonyl (C=O) groups is 1. The minimum Gasteiger partial charge on any atom is -0.354 e. The summed E-state index contributed by atoms with van der Waals surface area (Å²) < 4.78 is 5.74. The van der Waals surface area contributed by atoms with E-state index in [1.807, 2.05) is 19.1 Å². The van der Waals surface area contributed by atoms with Gasteiger partial charge in [0.25, 0.3) is 17.3 Å². The highest BCUT2D eigenvalue weighted by Gasteiger charge is 2.27. The monoisotopic (exact) mass is 549 g/mol. The topological polar surface area (TPSA) is 131 Å². The number of aromatic nitrogens is 4. The predicted molar refractivity (Wildman–Crippen MR) is 153 cm³/mol. The van der Waals surface area contributed by atoms with Crippen LogP contribution in [-0.4, -0.2) is 62.0 Å². The number of anilines is 1. The Morgan fingerprint density at radius 1 is 1.02 bits per heavy atom. The number of carbonyl (C=O) groups excluding carboxylic acids is 1. The van der Waals surface area contributed by atoms with E-state index in [4.69, 9.17) is 14.5 Å². The van der Waals surface area contributed by atoms with Crippen molar-refractivity contribution in [2.45, 2.75) is 19.8 Å². The maximum absolute atomic E-state index is 13.3. The van der Waals surface area contributed by atoms with Crippen LogP contribution in [0.4, 0.5) is 11.5 Å². The summed E-state index contributed by atoms with van der Waals surface area (Å²) in [5.74, 6) is 1.07. The van der Waals surface area contributed by atoms with E-state index in [1.54, 1.807) is 23.4 Å². The van der Waals surface area contributed by atoms with Gasteiger partial charge >= 0.3 is 0 Å². The van der Waals surface area contributed by atoms with Crippen molar-refractivity contribution in [1.29, 1.82) is 0 Å². The molecule has 0 atom stereocenters. The maximum Gasteiger partial charge on any atom is 0.270 e. The van der Waals surface area contributed by atoms with Gasteiger partial charge in [-0.15, -0.1) is 0 Å². The molecule has 0 saturated carbocycles. The summed E-state index contributed by atoms with van der Waals surface area (Å²) >= 11 is 0. The summed E-state index contributed by atoms with van der Waals surface area (Å²) in [5, 5.41) is 16.3. The van der Waals surface area contributed by atoms with Gasteiger partial charge in [0.05, 0.1) is 4.92 Å². The minimum absolute atomic E-state index is 0.104. The number of nitro groups is 1. The van der Waals surface area contributed by atoms with Crippen LogP contribution in [0.5, 0.6) is 0 Å². The van der Waals surface area contributed by atoms with E-state index in [0.717, 1.165) is 11.1 Å². The van der Waals surface area contributed by atoms with Crippen LogP contribution in [0.3, 0.4) is 0 Å². The maximum atomic E-state index is 13.3. The first-order valence-electron chi connectivity index (χ1n) is 13.4. The Labute approximate surface area is 235 Å². The molecule has 3 aromatic heterocycles. The Bertz CT molecular complexity index is 1720. The molecule has 1 saturated heterocycles. The molecular weight excluding hydrogens is 522 g/mol. The number of nitro benzene ring substituents is 1. The first-order valence-corrected chi connectivity index (χ1v) is 13.4. The lowest BCUT2D eigenvalue weighted by molar-refractivity contribution is -0.384. The number of pyridine rings is 1. The summed E-state index contributed by atoms with van der Waals surface area (Å²) in [4.78, 5) is 41.9. The minimum atomic E-state index is -0.492. The molecule has 1 amide bonds. The van der Waals surface area contributed by atoms with Crippen LogP contribution in [0.15, 0.2) is 77.6 Å². The second-order valence-corrected chi connectivity index (χ2v) is 10.0. The van der Waals surface area contributed by atoms with E-state index in [1.165, 1.54) is 23.8 Å². The Balaban J connectivity index is 1.34. The van der Waals surface area contributed by atoms with Crippen molar-refractivity contribution in [3.8, 4) is 11.3 Å². The molecule has 0 radical (unpaired) electrons. The van der Waals surface area contributed by atoms with Crippen molar-refractivity contribution in [2.24, 2.45) is 0 Å². The molecule has 0 unspecified atom stereocenters. The number of benzene rings is 2. The fourth-order valence-electron chi connectivity index (χ4n) is 5.04. The lowest BCUT2D eigenvalue weighted by Gasteiger charge is -2.24. The Morgan fingerprint density at radius 3 is 2.66 bits per heavy atom. The summed E-state index contributed by atoms with van der Waals surface area (Å²) in [5.41, 5.74) is 4.25. The van der Waals surface area contributed by atoms with E-state index < -0.39 is 4.92 Å². The van der Waals surface area contributed by atoms with Crippen LogP contribution in [0, 0.1) is 17.0 Å². The van der Waals surface area contributed by atoms with E-state index in [9.17, 15) is 14.9 Å². The second kappa shape index (κ2) is 11.1. The number of aryl methyl sites for hydroxylation is 1. The van der Waals surface area contributed by atoms with Crippen LogP contribution in [-0.2, 0) is 6.42 Å². The van der Waals surface area contributed by atoms with Crippen molar-refractivity contribution < 1.29 is 14.2 Å². The van der Waals surface area contributed by atoms with Gasteiger partial charge in [0.2, 0.25) is 0 Å². The van der Waals surface area contributed by atoms with Gasteiger partial charge in [-0.2, -0.15) is 4.98 Å². The third-order valence-electron chi connectivity index (χ3n) is 7.17. The van der Waals surface area contributed by atoms with Crippen molar-refractivity contribution in [1.82, 2.24) is 25.0 Å². The smallest absolute Gasteiger partial charge is 0.270 e. The SMILES string of the molecule is Cc1ccc(Cc2nc(N3CCCN(C(=O)c4cccc([N+](=O)[O-])c4)CC3)c3c(-c4cccnc4)noc3n2)cc1. The molecule has 41 heavy (non-hydrogen) atoms. The van der Waals surface area contributed by atoms with Crippen molar-refractivity contribution in [3.05, 3.63) is 106 Å². The van der Waals surface area contributed by atoms with Crippen LogP contribution in [0.2, 0.25) is 0 Å². The van der Waals surface area contributed by atoms with E-state index in [0.29, 0.717) is 73.0 Å². The zero-order valence-electron chi connectivity index (χ0n) is 22.4. The molecular formula is C30H27N7O4. The van der Waals surface area contributed by atoms with Gasteiger partial charge < -0.3 is 14.3 Å². The summed E-state index contributed by atoms with van der Waals surface area (Å²) in [6.07, 6.45) is 4.64. The Kier molecular flexibility index (Phi) is 7.07. The molecule has 6 rings (SSSR count). The molecule has 1 aliphatic heterocycles. The number of nitrogens with zero attached hydrogens (tertiary/aromatic N) is 7. The molecule has 1 aliphatic rings. The molecule has 11 nitrogen and oxygen atoms in total. The van der Waals surface area contributed by atoms with Crippen LogP contribution >= 0.6 is 0 Å². The highest BCUT2D eigenvalue weighted by molar-refractivity contribution is 5.98. The molecule has 206 valence electrons. The van der Waals surface area contributed by atoms with E-state index >= 15 is 0 Å². The summed E-state index contributed by atoms with van der Waals surface area (Å²) in [7, 11) is 0. The molecule has 11 heteroatoms. The largest absolute Gasteiger partial charge is 0.354 e. The number of rotatable bonds is 6.